The van der Waals surface area contributed by atoms with Crippen LogP contribution in [-0.4, -0.2) is 12.8 Å². The van der Waals surface area contributed by atoms with Crippen molar-refractivity contribution < 1.29 is 0 Å². The molecule has 2 aromatic carbocycles. The number of anilines is 1. The van der Waals surface area contributed by atoms with E-state index in [1.54, 1.807) is 0 Å². The molecule has 0 fully saturated rings. The van der Waals surface area contributed by atoms with E-state index in [1.165, 1.54) is 16.8 Å². The van der Waals surface area contributed by atoms with Crippen molar-refractivity contribution in [1.82, 2.24) is 0 Å². The van der Waals surface area contributed by atoms with Gasteiger partial charge in [0.25, 0.3) is 0 Å². The van der Waals surface area contributed by atoms with Crippen LogP contribution in [0.25, 0.3) is 0 Å². The number of aryl methyl sites for hydroxylation is 1. The maximum atomic E-state index is 4.43. The molecule has 3 rings (SSSR count). The van der Waals surface area contributed by atoms with E-state index in [1.807, 2.05) is 12.3 Å². The number of hydrogen-bond donors (Lipinski definition) is 0. The van der Waals surface area contributed by atoms with Gasteiger partial charge in [-0.15, -0.1) is 0 Å². The average molecular weight is 236 g/mol. The van der Waals surface area contributed by atoms with Crippen molar-refractivity contribution in [3.8, 4) is 0 Å². The Morgan fingerprint density at radius 1 is 1.06 bits per heavy atom. The number of nitrogens with zero attached hydrogens (tertiary/aromatic N) is 2. The van der Waals surface area contributed by atoms with Crippen LogP contribution >= 0.6 is 0 Å². The van der Waals surface area contributed by atoms with Gasteiger partial charge in [0, 0.05) is 12.8 Å². The predicted octanol–water partition coefficient (Wildman–Crippen LogP) is 3.72. The van der Waals surface area contributed by atoms with Crippen LogP contribution in [0, 0.1) is 6.92 Å². The second kappa shape index (κ2) is 4.65. The second-order valence-electron chi connectivity index (χ2n) is 4.67. The molecule has 0 radical (unpaired) electrons. The molecule has 0 atom stereocenters. The summed E-state index contributed by atoms with van der Waals surface area (Å²) in [6.45, 7) is 3.93. The minimum Gasteiger partial charge on any atom is -0.360 e. The number of aliphatic imine (C=N–C) groups is 1. The highest BCUT2D eigenvalue weighted by molar-refractivity contribution is 5.81. The van der Waals surface area contributed by atoms with Crippen molar-refractivity contribution in [3.63, 3.8) is 0 Å². The molecule has 0 aliphatic carbocycles. The number of hydrogen-bond acceptors (Lipinski definition) is 2. The van der Waals surface area contributed by atoms with Gasteiger partial charge in [0.05, 0.1) is 17.9 Å². The van der Waals surface area contributed by atoms with E-state index in [2.05, 4.69) is 59.3 Å². The van der Waals surface area contributed by atoms with Gasteiger partial charge >= 0.3 is 0 Å². The fourth-order valence-electron chi connectivity index (χ4n) is 2.24. The van der Waals surface area contributed by atoms with Crippen molar-refractivity contribution in [2.24, 2.45) is 4.99 Å². The lowest BCUT2D eigenvalue weighted by Gasteiger charge is -2.27. The molecule has 0 unspecified atom stereocenters. The molecule has 0 amide bonds. The summed E-state index contributed by atoms with van der Waals surface area (Å²) < 4.78 is 0. The molecule has 18 heavy (non-hydrogen) atoms. The van der Waals surface area contributed by atoms with Gasteiger partial charge in [-0.05, 0) is 24.6 Å². The summed E-state index contributed by atoms with van der Waals surface area (Å²) in [5.74, 6) is 0. The normalized spacial score (nSPS) is 13.5. The Morgan fingerprint density at radius 3 is 2.67 bits per heavy atom. The first-order valence-corrected chi connectivity index (χ1v) is 6.25. The third kappa shape index (κ3) is 2.14. The average Bonchev–Trinajstić information content (AvgIpc) is 2.42. The third-order valence-corrected chi connectivity index (χ3v) is 3.25. The molecule has 0 saturated carbocycles. The number of rotatable bonds is 2. The lowest BCUT2D eigenvalue weighted by Crippen LogP contribution is -2.26. The first-order chi connectivity index (χ1) is 8.83. The highest BCUT2D eigenvalue weighted by Gasteiger charge is 2.13. The van der Waals surface area contributed by atoms with Gasteiger partial charge in [-0.25, -0.2) is 0 Å². The van der Waals surface area contributed by atoms with Crippen molar-refractivity contribution >= 4 is 17.6 Å². The van der Waals surface area contributed by atoms with Crippen LogP contribution in [0.2, 0.25) is 0 Å². The van der Waals surface area contributed by atoms with Gasteiger partial charge in [-0.2, -0.15) is 0 Å². The minimum absolute atomic E-state index is 0.880. The molecule has 2 aromatic rings. The quantitative estimate of drug-likeness (QED) is 0.776. The molecule has 0 aromatic heterocycles. The SMILES string of the molecule is Cc1ccc(CN2CC=Nc3ccccc32)cc1. The Hall–Kier alpha value is -2.09. The second-order valence-corrected chi connectivity index (χ2v) is 4.67. The van der Waals surface area contributed by atoms with E-state index in [-0.39, 0.29) is 0 Å². The van der Waals surface area contributed by atoms with Crippen LogP contribution in [0.15, 0.2) is 53.5 Å². The number of fused-ring (bicyclic) bond motifs is 1. The molecule has 2 nitrogen and oxygen atoms in total. The molecular formula is C16H16N2. The molecule has 0 spiro atoms. The first kappa shape index (κ1) is 11.0. The molecule has 1 aliphatic heterocycles. The van der Waals surface area contributed by atoms with Gasteiger partial charge < -0.3 is 4.90 Å². The van der Waals surface area contributed by atoms with Crippen molar-refractivity contribution in [1.29, 1.82) is 0 Å². The molecule has 2 heteroatoms. The standard InChI is InChI=1S/C16H16N2/c1-13-6-8-14(9-7-13)12-18-11-10-17-15-4-2-3-5-16(15)18/h2-10H,11-12H2,1H3. The highest BCUT2D eigenvalue weighted by Crippen LogP contribution is 2.31. The van der Waals surface area contributed by atoms with E-state index in [0.717, 1.165) is 18.8 Å². The summed E-state index contributed by atoms with van der Waals surface area (Å²) in [4.78, 5) is 6.79. The summed E-state index contributed by atoms with van der Waals surface area (Å²) >= 11 is 0. The Labute approximate surface area is 108 Å². The smallest absolute Gasteiger partial charge is 0.0860 e. The lowest BCUT2D eigenvalue weighted by molar-refractivity contribution is 0.881. The molecule has 0 bridgehead atoms. The topological polar surface area (TPSA) is 15.6 Å². The molecule has 0 saturated heterocycles. The van der Waals surface area contributed by atoms with Crippen LogP contribution in [0.4, 0.5) is 11.4 Å². The summed E-state index contributed by atoms with van der Waals surface area (Å²) in [6, 6.07) is 17.0. The van der Waals surface area contributed by atoms with Crippen molar-refractivity contribution in [3.05, 3.63) is 59.7 Å². The Balaban J connectivity index is 1.86. The largest absolute Gasteiger partial charge is 0.360 e. The zero-order valence-corrected chi connectivity index (χ0v) is 10.5. The Bertz CT molecular complexity index is 570. The Morgan fingerprint density at radius 2 is 1.83 bits per heavy atom. The summed E-state index contributed by atoms with van der Waals surface area (Å²) in [5, 5.41) is 0. The van der Waals surface area contributed by atoms with Gasteiger partial charge in [0.2, 0.25) is 0 Å². The molecule has 90 valence electrons. The van der Waals surface area contributed by atoms with Crippen LogP contribution in [0.5, 0.6) is 0 Å². The van der Waals surface area contributed by atoms with E-state index >= 15 is 0 Å². The Kier molecular flexibility index (Phi) is 2.85. The fraction of sp³-hybridized carbons (Fsp3) is 0.188. The minimum atomic E-state index is 0.880. The first-order valence-electron chi connectivity index (χ1n) is 6.25. The van der Waals surface area contributed by atoms with Gasteiger partial charge in [-0.3, -0.25) is 4.99 Å². The van der Waals surface area contributed by atoms with Crippen LogP contribution in [0.3, 0.4) is 0 Å². The van der Waals surface area contributed by atoms with Crippen LogP contribution in [-0.2, 0) is 6.54 Å². The van der Waals surface area contributed by atoms with Crippen molar-refractivity contribution in [2.45, 2.75) is 13.5 Å². The molecule has 0 N–H and O–H groups in total. The van der Waals surface area contributed by atoms with Crippen molar-refractivity contribution in [2.75, 3.05) is 11.4 Å². The van der Waals surface area contributed by atoms with E-state index < -0.39 is 0 Å². The third-order valence-electron chi connectivity index (χ3n) is 3.25. The van der Waals surface area contributed by atoms with E-state index in [0.29, 0.717) is 0 Å². The number of para-hydroxylation sites is 2. The highest BCUT2D eigenvalue weighted by atomic mass is 15.2. The van der Waals surface area contributed by atoms with E-state index in [4.69, 9.17) is 0 Å². The predicted molar refractivity (Wildman–Crippen MR) is 76.8 cm³/mol. The van der Waals surface area contributed by atoms with E-state index in [9.17, 15) is 0 Å². The number of benzene rings is 2. The van der Waals surface area contributed by atoms with Gasteiger partial charge in [0.1, 0.15) is 0 Å². The summed E-state index contributed by atoms with van der Waals surface area (Å²) in [7, 11) is 0. The lowest BCUT2D eigenvalue weighted by atomic mass is 10.1. The van der Waals surface area contributed by atoms with Gasteiger partial charge in [-0.1, -0.05) is 42.0 Å². The zero-order chi connectivity index (χ0) is 12.4. The summed E-state index contributed by atoms with van der Waals surface area (Å²) in [6.07, 6.45) is 1.98. The van der Waals surface area contributed by atoms with Crippen LogP contribution in [0.1, 0.15) is 11.1 Å². The maximum Gasteiger partial charge on any atom is 0.0860 e. The summed E-state index contributed by atoms with van der Waals surface area (Å²) in [5.41, 5.74) is 4.93. The molecule has 1 aliphatic rings. The van der Waals surface area contributed by atoms with Crippen LogP contribution < -0.4 is 4.90 Å². The zero-order valence-electron chi connectivity index (χ0n) is 10.5. The maximum absolute atomic E-state index is 4.43. The monoisotopic (exact) mass is 236 g/mol. The fourth-order valence-corrected chi connectivity index (χ4v) is 2.24. The molecule has 1 heterocycles. The van der Waals surface area contributed by atoms with Gasteiger partial charge in [0.15, 0.2) is 0 Å². The molecular weight excluding hydrogens is 220 g/mol.